The van der Waals surface area contributed by atoms with Crippen LogP contribution in [-0.2, 0) is 4.79 Å². The van der Waals surface area contributed by atoms with Gasteiger partial charge in [-0.2, -0.15) is 13.2 Å². The largest absolute Gasteiger partial charge is 0.480 e. The van der Waals surface area contributed by atoms with Crippen LogP contribution in [0.25, 0.3) is 0 Å². The summed E-state index contributed by atoms with van der Waals surface area (Å²) in [5.41, 5.74) is -1.23. The lowest BCUT2D eigenvalue weighted by Crippen LogP contribution is -2.55. The molecule has 0 amide bonds. The summed E-state index contributed by atoms with van der Waals surface area (Å²) < 4.78 is 37.4. The van der Waals surface area contributed by atoms with E-state index in [0.29, 0.717) is 0 Å². The second-order valence-corrected chi connectivity index (χ2v) is 4.37. The van der Waals surface area contributed by atoms with E-state index in [2.05, 4.69) is 11.9 Å². The Kier molecular flexibility index (Phi) is 4.19. The zero-order chi connectivity index (χ0) is 13.1. The SMILES string of the molecule is C=CCNC1(C(=O)O)CCC(C(F)(F)F)CC1. The number of alkyl halides is 3. The summed E-state index contributed by atoms with van der Waals surface area (Å²) >= 11 is 0. The van der Waals surface area contributed by atoms with Crippen molar-refractivity contribution in [1.29, 1.82) is 0 Å². The molecule has 0 saturated heterocycles. The first-order valence-corrected chi connectivity index (χ1v) is 5.48. The van der Waals surface area contributed by atoms with Gasteiger partial charge in [0, 0.05) is 6.54 Å². The van der Waals surface area contributed by atoms with Gasteiger partial charge in [0.05, 0.1) is 5.92 Å². The van der Waals surface area contributed by atoms with Crippen LogP contribution in [0.2, 0.25) is 0 Å². The average Bonchev–Trinajstić information content (AvgIpc) is 2.25. The van der Waals surface area contributed by atoms with Crippen molar-refractivity contribution in [3.63, 3.8) is 0 Å². The molecule has 98 valence electrons. The van der Waals surface area contributed by atoms with Crippen LogP contribution in [0.1, 0.15) is 25.7 Å². The molecule has 0 spiro atoms. The molecule has 1 saturated carbocycles. The third kappa shape index (κ3) is 3.21. The topological polar surface area (TPSA) is 49.3 Å². The van der Waals surface area contributed by atoms with Crippen molar-refractivity contribution in [3.05, 3.63) is 12.7 Å². The zero-order valence-corrected chi connectivity index (χ0v) is 9.39. The maximum absolute atomic E-state index is 12.5. The monoisotopic (exact) mass is 251 g/mol. The number of carboxylic acids is 1. The highest BCUT2D eigenvalue weighted by atomic mass is 19.4. The lowest BCUT2D eigenvalue weighted by Gasteiger charge is -2.37. The van der Waals surface area contributed by atoms with Crippen molar-refractivity contribution >= 4 is 5.97 Å². The number of aliphatic carboxylic acids is 1. The van der Waals surface area contributed by atoms with E-state index in [0.717, 1.165) is 0 Å². The number of carbonyl (C=O) groups is 1. The predicted octanol–water partition coefficient (Wildman–Crippen LogP) is 2.34. The maximum atomic E-state index is 12.5. The van der Waals surface area contributed by atoms with Crippen LogP contribution in [0.3, 0.4) is 0 Å². The van der Waals surface area contributed by atoms with Gasteiger partial charge in [-0.25, -0.2) is 0 Å². The third-order valence-electron chi connectivity index (χ3n) is 3.30. The summed E-state index contributed by atoms with van der Waals surface area (Å²) in [4.78, 5) is 11.2. The molecule has 0 heterocycles. The standard InChI is InChI=1S/C11H16F3NO2/c1-2-7-15-10(9(16)17)5-3-8(4-6-10)11(12,13)14/h2,8,15H,1,3-7H2,(H,16,17). The minimum Gasteiger partial charge on any atom is -0.480 e. The summed E-state index contributed by atoms with van der Waals surface area (Å²) in [7, 11) is 0. The fourth-order valence-corrected chi connectivity index (χ4v) is 2.17. The lowest BCUT2D eigenvalue weighted by molar-refractivity contribution is -0.188. The summed E-state index contributed by atoms with van der Waals surface area (Å²) in [6, 6.07) is 0. The molecular weight excluding hydrogens is 235 g/mol. The van der Waals surface area contributed by atoms with Crippen LogP contribution in [0, 0.1) is 5.92 Å². The third-order valence-corrected chi connectivity index (χ3v) is 3.30. The summed E-state index contributed by atoms with van der Waals surface area (Å²) in [5.74, 6) is -2.46. The minimum absolute atomic E-state index is 0.000347. The summed E-state index contributed by atoms with van der Waals surface area (Å²) in [5, 5.41) is 11.9. The van der Waals surface area contributed by atoms with E-state index in [-0.39, 0.29) is 32.2 Å². The number of carboxylic acid groups (broad SMARTS) is 1. The molecule has 3 nitrogen and oxygen atoms in total. The van der Waals surface area contributed by atoms with Crippen LogP contribution in [0.15, 0.2) is 12.7 Å². The van der Waals surface area contributed by atoms with Crippen molar-refractivity contribution in [2.45, 2.75) is 37.4 Å². The Morgan fingerprint density at radius 3 is 2.35 bits per heavy atom. The molecule has 2 N–H and O–H groups in total. The van der Waals surface area contributed by atoms with Crippen LogP contribution < -0.4 is 5.32 Å². The Balaban J connectivity index is 2.67. The van der Waals surface area contributed by atoms with Gasteiger partial charge in [0.15, 0.2) is 0 Å². The van der Waals surface area contributed by atoms with Gasteiger partial charge in [0.25, 0.3) is 0 Å². The van der Waals surface area contributed by atoms with Gasteiger partial charge in [-0.3, -0.25) is 10.1 Å². The molecule has 0 radical (unpaired) electrons. The van der Waals surface area contributed by atoms with Crippen LogP contribution in [0.4, 0.5) is 13.2 Å². The number of hydrogen-bond donors (Lipinski definition) is 2. The van der Waals surface area contributed by atoms with E-state index in [9.17, 15) is 18.0 Å². The minimum atomic E-state index is -4.22. The van der Waals surface area contributed by atoms with Gasteiger partial charge in [-0.05, 0) is 25.7 Å². The highest BCUT2D eigenvalue weighted by Crippen LogP contribution is 2.41. The summed E-state index contributed by atoms with van der Waals surface area (Å²) in [6.45, 7) is 3.74. The highest BCUT2D eigenvalue weighted by molar-refractivity contribution is 5.79. The van der Waals surface area contributed by atoms with Gasteiger partial charge in [0.1, 0.15) is 5.54 Å². The van der Waals surface area contributed by atoms with Gasteiger partial charge in [-0.1, -0.05) is 6.08 Å². The number of hydrogen-bond acceptors (Lipinski definition) is 2. The quantitative estimate of drug-likeness (QED) is 0.754. The molecule has 17 heavy (non-hydrogen) atoms. The summed E-state index contributed by atoms with van der Waals surface area (Å²) in [6.07, 6.45) is -3.00. The second-order valence-electron chi connectivity index (χ2n) is 4.37. The molecule has 1 fully saturated rings. The molecule has 1 aliphatic carbocycles. The highest BCUT2D eigenvalue weighted by Gasteiger charge is 2.48. The normalized spacial score (nSPS) is 29.9. The Labute approximate surface area is 97.7 Å². The van der Waals surface area contributed by atoms with E-state index in [1.54, 1.807) is 0 Å². The van der Waals surface area contributed by atoms with Crippen molar-refractivity contribution in [1.82, 2.24) is 5.32 Å². The number of nitrogens with one attached hydrogen (secondary N) is 1. The second kappa shape index (κ2) is 5.08. The molecule has 0 aliphatic heterocycles. The zero-order valence-electron chi connectivity index (χ0n) is 9.39. The molecular formula is C11H16F3NO2. The van der Waals surface area contributed by atoms with Gasteiger partial charge < -0.3 is 5.11 Å². The van der Waals surface area contributed by atoms with Crippen LogP contribution in [-0.4, -0.2) is 29.3 Å². The molecule has 0 aromatic heterocycles. The maximum Gasteiger partial charge on any atom is 0.391 e. The van der Waals surface area contributed by atoms with Crippen LogP contribution >= 0.6 is 0 Å². The molecule has 0 unspecified atom stereocenters. The molecule has 0 atom stereocenters. The predicted molar refractivity (Wildman–Crippen MR) is 56.6 cm³/mol. The average molecular weight is 251 g/mol. The molecule has 6 heteroatoms. The van der Waals surface area contributed by atoms with Gasteiger partial charge in [-0.15, -0.1) is 6.58 Å². The van der Waals surface area contributed by atoms with Gasteiger partial charge in [0.2, 0.25) is 0 Å². The van der Waals surface area contributed by atoms with Crippen molar-refractivity contribution in [2.75, 3.05) is 6.54 Å². The Morgan fingerprint density at radius 1 is 1.47 bits per heavy atom. The van der Waals surface area contributed by atoms with Gasteiger partial charge >= 0.3 is 12.1 Å². The lowest BCUT2D eigenvalue weighted by atomic mass is 9.76. The van der Waals surface area contributed by atoms with Crippen LogP contribution in [0.5, 0.6) is 0 Å². The van der Waals surface area contributed by atoms with E-state index in [4.69, 9.17) is 5.11 Å². The van der Waals surface area contributed by atoms with E-state index in [1.165, 1.54) is 6.08 Å². The van der Waals surface area contributed by atoms with E-state index >= 15 is 0 Å². The fourth-order valence-electron chi connectivity index (χ4n) is 2.17. The Bertz CT molecular complexity index is 294. The smallest absolute Gasteiger partial charge is 0.391 e. The van der Waals surface area contributed by atoms with Crippen molar-refractivity contribution in [3.8, 4) is 0 Å². The van der Waals surface area contributed by atoms with E-state index < -0.39 is 23.6 Å². The first-order valence-electron chi connectivity index (χ1n) is 5.48. The Morgan fingerprint density at radius 2 is 2.00 bits per heavy atom. The number of halogens is 3. The molecule has 1 aliphatic rings. The Hall–Kier alpha value is -1.04. The first kappa shape index (κ1) is 14.0. The van der Waals surface area contributed by atoms with Crippen molar-refractivity contribution < 1.29 is 23.1 Å². The molecule has 1 rings (SSSR count). The molecule has 0 aromatic carbocycles. The fraction of sp³-hybridized carbons (Fsp3) is 0.727. The molecule has 0 aromatic rings. The first-order chi connectivity index (χ1) is 7.82. The van der Waals surface area contributed by atoms with Crippen molar-refractivity contribution in [2.24, 2.45) is 5.92 Å². The van der Waals surface area contributed by atoms with E-state index in [1.807, 2.05) is 0 Å². The number of rotatable bonds is 4. The molecule has 0 bridgehead atoms.